The third-order valence-corrected chi connectivity index (χ3v) is 8.31. The van der Waals surface area contributed by atoms with Gasteiger partial charge in [-0.2, -0.15) is 0 Å². The fraction of sp³-hybridized carbons (Fsp3) is 0.394. The molecule has 5 rings (SSSR count). The summed E-state index contributed by atoms with van der Waals surface area (Å²) in [5.74, 6) is -0.324. The van der Waals surface area contributed by atoms with E-state index in [0.29, 0.717) is 40.4 Å². The number of aromatic amines is 1. The number of ether oxygens (including phenoxy) is 3. The molecule has 1 atom stereocenters. The summed E-state index contributed by atoms with van der Waals surface area (Å²) in [4.78, 5) is 26.3. The van der Waals surface area contributed by atoms with Gasteiger partial charge in [0.25, 0.3) is 5.91 Å². The maximum absolute atomic E-state index is 14.3. The van der Waals surface area contributed by atoms with E-state index < -0.39 is 11.6 Å². The van der Waals surface area contributed by atoms with Gasteiger partial charge in [-0.05, 0) is 68.8 Å². The third-order valence-electron chi connectivity index (χ3n) is 8.31. The largest absolute Gasteiger partial charge is 0.493 e. The van der Waals surface area contributed by atoms with Crippen LogP contribution in [0.3, 0.4) is 0 Å². The zero-order chi connectivity index (χ0) is 31.2. The van der Waals surface area contributed by atoms with Gasteiger partial charge in [-0.3, -0.25) is 4.79 Å². The first kappa shape index (κ1) is 31.1. The number of amides is 1. The minimum atomic E-state index is -0.907. The van der Waals surface area contributed by atoms with Crippen molar-refractivity contribution in [2.45, 2.75) is 25.7 Å². The van der Waals surface area contributed by atoms with E-state index in [4.69, 9.17) is 19.2 Å². The number of carbonyl (C=O) groups excluding carboxylic acids is 1. The fourth-order valence-corrected chi connectivity index (χ4v) is 5.83. The van der Waals surface area contributed by atoms with Gasteiger partial charge in [0.05, 0.1) is 32.4 Å². The van der Waals surface area contributed by atoms with Crippen molar-refractivity contribution in [2.75, 3.05) is 65.5 Å². The second-order valence-corrected chi connectivity index (χ2v) is 10.9. The highest BCUT2D eigenvalue weighted by Crippen LogP contribution is 2.41. The first-order valence-corrected chi connectivity index (χ1v) is 14.8. The van der Waals surface area contributed by atoms with Crippen molar-refractivity contribution in [1.29, 1.82) is 0 Å². The molecule has 0 bridgehead atoms. The predicted octanol–water partition coefficient (Wildman–Crippen LogP) is 5.29. The molecule has 0 saturated carbocycles. The molecule has 2 N–H and O–H groups in total. The van der Waals surface area contributed by atoms with Crippen molar-refractivity contribution >= 4 is 22.9 Å². The summed E-state index contributed by atoms with van der Waals surface area (Å²) in [5, 5.41) is 3.01. The van der Waals surface area contributed by atoms with Crippen LogP contribution >= 0.6 is 0 Å². The molecule has 0 spiro atoms. The van der Waals surface area contributed by atoms with E-state index in [2.05, 4.69) is 20.1 Å². The van der Waals surface area contributed by atoms with Crippen molar-refractivity contribution < 1.29 is 27.8 Å². The van der Waals surface area contributed by atoms with Crippen LogP contribution in [0, 0.1) is 18.6 Å². The quantitative estimate of drug-likeness (QED) is 0.239. The summed E-state index contributed by atoms with van der Waals surface area (Å²) in [6, 6.07) is 13.6. The van der Waals surface area contributed by atoms with Gasteiger partial charge in [0.2, 0.25) is 11.7 Å². The standard InChI is InChI=1S/C33H39F2N5O4/c1-21-24(19-29(42-2)31(44-4)30(21)43-3)32(41)36-20-23(22-10-11-25(34)26(35)18-22)12-15-39-13-7-14-40(17-16-39)33-37-27-8-5-6-9-28(27)38-33/h5-6,8-11,18-19,23H,7,12-17,20H2,1-4H3,(H,36,41)(H,37,38). The van der Waals surface area contributed by atoms with Crippen molar-refractivity contribution in [3.8, 4) is 17.2 Å². The van der Waals surface area contributed by atoms with Crippen LogP contribution in [-0.2, 0) is 0 Å². The van der Waals surface area contributed by atoms with Crippen molar-refractivity contribution in [3.63, 3.8) is 0 Å². The van der Waals surface area contributed by atoms with Crippen LogP contribution in [0.5, 0.6) is 17.2 Å². The number of imidazole rings is 1. The van der Waals surface area contributed by atoms with E-state index in [1.807, 2.05) is 24.3 Å². The number of hydrogen-bond acceptors (Lipinski definition) is 7. The minimum absolute atomic E-state index is 0.235. The van der Waals surface area contributed by atoms with Crippen LogP contribution < -0.4 is 24.4 Å². The minimum Gasteiger partial charge on any atom is -0.493 e. The average Bonchev–Trinajstić information content (AvgIpc) is 3.33. The van der Waals surface area contributed by atoms with Crippen LogP contribution in [-0.4, -0.2) is 81.4 Å². The Balaban J connectivity index is 1.27. The van der Waals surface area contributed by atoms with E-state index in [1.165, 1.54) is 27.4 Å². The lowest BCUT2D eigenvalue weighted by Gasteiger charge is -2.25. The zero-order valence-electron chi connectivity index (χ0n) is 25.6. The van der Waals surface area contributed by atoms with E-state index in [-0.39, 0.29) is 18.4 Å². The lowest BCUT2D eigenvalue weighted by molar-refractivity contribution is 0.0948. The maximum atomic E-state index is 14.3. The molecular weight excluding hydrogens is 568 g/mol. The molecule has 234 valence electrons. The number of nitrogens with one attached hydrogen (secondary N) is 2. The number of para-hydroxylation sites is 2. The monoisotopic (exact) mass is 607 g/mol. The highest BCUT2D eigenvalue weighted by atomic mass is 19.2. The molecule has 1 saturated heterocycles. The van der Waals surface area contributed by atoms with Gasteiger partial charge in [-0.1, -0.05) is 18.2 Å². The van der Waals surface area contributed by atoms with E-state index >= 15 is 0 Å². The molecule has 1 amide bonds. The van der Waals surface area contributed by atoms with Gasteiger partial charge in [0.15, 0.2) is 23.1 Å². The lowest BCUT2D eigenvalue weighted by atomic mass is 9.94. The van der Waals surface area contributed by atoms with Crippen molar-refractivity contribution in [1.82, 2.24) is 20.2 Å². The molecular formula is C33H39F2N5O4. The number of carbonyl (C=O) groups is 1. The first-order valence-electron chi connectivity index (χ1n) is 14.8. The number of hydrogen-bond donors (Lipinski definition) is 2. The molecule has 0 radical (unpaired) electrons. The normalized spacial score (nSPS) is 14.7. The molecule has 2 heterocycles. The Labute approximate surface area is 256 Å². The molecule has 4 aromatic rings. The number of methoxy groups -OCH3 is 3. The topological polar surface area (TPSA) is 92.0 Å². The second-order valence-electron chi connectivity index (χ2n) is 10.9. The first-order chi connectivity index (χ1) is 21.3. The number of nitrogens with zero attached hydrogens (tertiary/aromatic N) is 3. The Morgan fingerprint density at radius 2 is 1.77 bits per heavy atom. The number of benzene rings is 3. The van der Waals surface area contributed by atoms with Gasteiger partial charge >= 0.3 is 0 Å². The SMILES string of the molecule is COc1cc(C(=O)NCC(CCN2CCCN(c3nc4ccccc4[nH]3)CC2)c2ccc(F)c(F)c2)c(C)c(OC)c1OC. The number of halogens is 2. The van der Waals surface area contributed by atoms with Crippen molar-refractivity contribution in [3.05, 3.63) is 76.9 Å². The highest BCUT2D eigenvalue weighted by molar-refractivity contribution is 5.97. The third kappa shape index (κ3) is 6.72. The van der Waals surface area contributed by atoms with Crippen molar-refractivity contribution in [2.24, 2.45) is 0 Å². The average molecular weight is 608 g/mol. The van der Waals surface area contributed by atoms with Crippen LogP contribution in [0.25, 0.3) is 11.0 Å². The van der Waals surface area contributed by atoms with Gasteiger partial charge < -0.3 is 34.3 Å². The summed E-state index contributed by atoms with van der Waals surface area (Å²) in [5.41, 5.74) is 3.57. The lowest BCUT2D eigenvalue weighted by Crippen LogP contribution is -2.34. The van der Waals surface area contributed by atoms with Gasteiger partial charge in [-0.25, -0.2) is 13.8 Å². The highest BCUT2D eigenvalue weighted by Gasteiger charge is 2.24. The molecule has 1 fully saturated rings. The van der Waals surface area contributed by atoms with Crippen LogP contribution in [0.15, 0.2) is 48.5 Å². The second kappa shape index (κ2) is 13.9. The number of fused-ring (bicyclic) bond motifs is 1. The Morgan fingerprint density at radius 1 is 0.977 bits per heavy atom. The zero-order valence-corrected chi connectivity index (χ0v) is 25.6. The van der Waals surface area contributed by atoms with E-state index in [1.54, 1.807) is 19.1 Å². The fourth-order valence-electron chi connectivity index (χ4n) is 5.83. The predicted molar refractivity (Wildman–Crippen MR) is 166 cm³/mol. The molecule has 1 aromatic heterocycles. The molecule has 0 aliphatic carbocycles. The van der Waals surface area contributed by atoms with Gasteiger partial charge in [0, 0.05) is 43.2 Å². The number of anilines is 1. The number of rotatable bonds is 11. The van der Waals surface area contributed by atoms with Crippen LogP contribution in [0.4, 0.5) is 14.7 Å². The summed E-state index contributed by atoms with van der Waals surface area (Å²) in [6.07, 6.45) is 1.61. The summed E-state index contributed by atoms with van der Waals surface area (Å²) in [6.45, 7) is 6.17. The Morgan fingerprint density at radius 3 is 2.50 bits per heavy atom. The van der Waals surface area contributed by atoms with Crippen LogP contribution in [0.2, 0.25) is 0 Å². The summed E-state index contributed by atoms with van der Waals surface area (Å²) >= 11 is 0. The maximum Gasteiger partial charge on any atom is 0.251 e. The molecule has 11 heteroatoms. The molecule has 1 unspecified atom stereocenters. The Bertz CT molecular complexity index is 1580. The number of aromatic nitrogens is 2. The van der Waals surface area contributed by atoms with E-state index in [0.717, 1.165) is 62.2 Å². The molecule has 1 aliphatic rings. The Hall–Kier alpha value is -4.38. The molecule has 1 aliphatic heterocycles. The summed E-state index contributed by atoms with van der Waals surface area (Å²) < 4.78 is 44.5. The summed E-state index contributed by atoms with van der Waals surface area (Å²) in [7, 11) is 4.50. The molecule has 44 heavy (non-hydrogen) atoms. The number of H-pyrrole nitrogens is 1. The van der Waals surface area contributed by atoms with Gasteiger partial charge in [0.1, 0.15) is 0 Å². The molecule has 3 aromatic carbocycles. The Kier molecular flexibility index (Phi) is 9.84. The smallest absolute Gasteiger partial charge is 0.251 e. The van der Waals surface area contributed by atoms with Gasteiger partial charge in [-0.15, -0.1) is 0 Å². The van der Waals surface area contributed by atoms with E-state index in [9.17, 15) is 13.6 Å². The van der Waals surface area contributed by atoms with Crippen LogP contribution in [0.1, 0.15) is 40.2 Å². The molecule has 9 nitrogen and oxygen atoms in total.